The molecule has 3 aromatic carbocycles. The standard InChI is InChI=1S/C25H23N3O4/c1-29-18-9-8-16-14-28(25-13-26-19-6-4-5-7-20(19)27-25)15-17-10-23(30-2)24(31-3)12-22(17)32-21(16)11-18/h4-13H,14-15H2,1-3H3. The number of ether oxygens (including phenoxy) is 4. The first-order chi connectivity index (χ1) is 15.7. The first-order valence-corrected chi connectivity index (χ1v) is 10.2. The Balaban J connectivity index is 1.66. The lowest BCUT2D eigenvalue weighted by Gasteiger charge is -2.29. The number of fused-ring (bicyclic) bond motifs is 3. The fraction of sp³-hybridized carbons (Fsp3) is 0.200. The summed E-state index contributed by atoms with van der Waals surface area (Å²) >= 11 is 0. The van der Waals surface area contributed by atoms with Crippen molar-refractivity contribution < 1.29 is 18.9 Å². The van der Waals surface area contributed by atoms with Gasteiger partial charge in [-0.05, 0) is 30.3 Å². The molecule has 4 aromatic rings. The van der Waals surface area contributed by atoms with Crippen LogP contribution in [0.4, 0.5) is 5.82 Å². The molecule has 2 heterocycles. The summed E-state index contributed by atoms with van der Waals surface area (Å²) in [5.41, 5.74) is 3.68. The summed E-state index contributed by atoms with van der Waals surface area (Å²) in [7, 11) is 4.88. The first-order valence-electron chi connectivity index (χ1n) is 10.2. The smallest absolute Gasteiger partial charge is 0.164 e. The van der Waals surface area contributed by atoms with Gasteiger partial charge >= 0.3 is 0 Å². The van der Waals surface area contributed by atoms with Gasteiger partial charge in [0.2, 0.25) is 0 Å². The van der Waals surface area contributed by atoms with E-state index in [4.69, 9.17) is 23.9 Å². The second-order valence-corrected chi connectivity index (χ2v) is 7.46. The number of hydrogen-bond acceptors (Lipinski definition) is 7. The monoisotopic (exact) mass is 429 g/mol. The summed E-state index contributed by atoms with van der Waals surface area (Å²) in [6, 6.07) is 17.5. The van der Waals surface area contributed by atoms with Crippen molar-refractivity contribution in [2.45, 2.75) is 13.1 Å². The van der Waals surface area contributed by atoms with Crippen molar-refractivity contribution in [3.8, 4) is 28.7 Å². The molecule has 7 heteroatoms. The number of aromatic nitrogens is 2. The molecule has 0 N–H and O–H groups in total. The van der Waals surface area contributed by atoms with Gasteiger partial charge in [0.25, 0.3) is 0 Å². The number of methoxy groups -OCH3 is 3. The van der Waals surface area contributed by atoms with E-state index in [9.17, 15) is 0 Å². The average molecular weight is 429 g/mol. The Morgan fingerprint density at radius 1 is 0.781 bits per heavy atom. The molecule has 0 spiro atoms. The normalized spacial score (nSPS) is 12.8. The van der Waals surface area contributed by atoms with Crippen molar-refractivity contribution in [2.24, 2.45) is 0 Å². The van der Waals surface area contributed by atoms with Gasteiger partial charge in [0.15, 0.2) is 11.5 Å². The molecular weight excluding hydrogens is 406 g/mol. The Morgan fingerprint density at radius 3 is 2.28 bits per heavy atom. The Bertz CT molecular complexity index is 1290. The molecule has 1 aromatic heterocycles. The minimum Gasteiger partial charge on any atom is -0.497 e. The molecule has 0 atom stereocenters. The second kappa shape index (κ2) is 8.26. The highest BCUT2D eigenvalue weighted by molar-refractivity contribution is 5.75. The number of rotatable bonds is 4. The third-order valence-corrected chi connectivity index (χ3v) is 5.54. The van der Waals surface area contributed by atoms with Gasteiger partial charge in [-0.15, -0.1) is 0 Å². The lowest BCUT2D eigenvalue weighted by Crippen LogP contribution is -2.25. The Labute approximate surface area is 186 Å². The maximum absolute atomic E-state index is 6.34. The van der Waals surface area contributed by atoms with Gasteiger partial charge < -0.3 is 23.8 Å². The van der Waals surface area contributed by atoms with Gasteiger partial charge in [-0.1, -0.05) is 12.1 Å². The number of benzene rings is 3. The highest BCUT2D eigenvalue weighted by Crippen LogP contribution is 2.41. The van der Waals surface area contributed by atoms with E-state index in [0.29, 0.717) is 30.3 Å². The molecular formula is C25H23N3O4. The summed E-state index contributed by atoms with van der Waals surface area (Å²) in [6.45, 7) is 1.16. The molecule has 0 bridgehead atoms. The Kier molecular flexibility index (Phi) is 5.15. The minimum absolute atomic E-state index is 0.564. The molecule has 7 nitrogen and oxygen atoms in total. The van der Waals surface area contributed by atoms with Crippen LogP contribution in [-0.2, 0) is 13.1 Å². The molecule has 0 saturated heterocycles. The number of hydrogen-bond donors (Lipinski definition) is 0. The molecule has 1 aliphatic heterocycles. The van der Waals surface area contributed by atoms with Crippen molar-refractivity contribution >= 4 is 16.9 Å². The van der Waals surface area contributed by atoms with Crippen molar-refractivity contribution in [1.29, 1.82) is 0 Å². The van der Waals surface area contributed by atoms with Crippen LogP contribution in [0.15, 0.2) is 60.8 Å². The van der Waals surface area contributed by atoms with Crippen LogP contribution in [0, 0.1) is 0 Å². The van der Waals surface area contributed by atoms with Gasteiger partial charge in [-0.2, -0.15) is 0 Å². The summed E-state index contributed by atoms with van der Waals surface area (Å²) in [5, 5.41) is 0. The van der Waals surface area contributed by atoms with Crippen molar-refractivity contribution in [3.05, 3.63) is 71.9 Å². The largest absolute Gasteiger partial charge is 0.497 e. The van der Waals surface area contributed by atoms with E-state index in [-0.39, 0.29) is 0 Å². The molecule has 5 rings (SSSR count). The van der Waals surface area contributed by atoms with Gasteiger partial charge in [0, 0.05) is 36.3 Å². The van der Waals surface area contributed by atoms with Crippen molar-refractivity contribution in [1.82, 2.24) is 9.97 Å². The lowest BCUT2D eigenvalue weighted by atomic mass is 10.1. The van der Waals surface area contributed by atoms with Crippen LogP contribution in [0.3, 0.4) is 0 Å². The molecule has 0 unspecified atom stereocenters. The van der Waals surface area contributed by atoms with Gasteiger partial charge in [0.05, 0.1) is 38.6 Å². The van der Waals surface area contributed by atoms with Crippen LogP contribution in [-0.4, -0.2) is 31.3 Å². The molecule has 1 aliphatic rings. The summed E-state index contributed by atoms with van der Waals surface area (Å²) in [5.74, 6) is 4.17. The summed E-state index contributed by atoms with van der Waals surface area (Å²) in [4.78, 5) is 11.7. The molecule has 162 valence electrons. The minimum atomic E-state index is 0.564. The highest BCUT2D eigenvalue weighted by Gasteiger charge is 2.23. The molecule has 0 saturated carbocycles. The van der Waals surface area contributed by atoms with Crippen LogP contribution in [0.25, 0.3) is 11.0 Å². The number of nitrogens with zero attached hydrogens (tertiary/aromatic N) is 3. The molecule has 0 radical (unpaired) electrons. The average Bonchev–Trinajstić information content (AvgIpc) is 2.83. The fourth-order valence-electron chi connectivity index (χ4n) is 3.86. The lowest BCUT2D eigenvalue weighted by molar-refractivity contribution is 0.350. The van der Waals surface area contributed by atoms with Crippen LogP contribution >= 0.6 is 0 Å². The molecule has 32 heavy (non-hydrogen) atoms. The molecule has 0 fully saturated rings. The topological polar surface area (TPSA) is 65.9 Å². The number of anilines is 1. The zero-order chi connectivity index (χ0) is 22.1. The SMILES string of the molecule is COc1ccc2c(c1)Oc1cc(OC)c(OC)cc1CN(c1cnc3ccccc3n1)C2. The Morgan fingerprint density at radius 2 is 1.50 bits per heavy atom. The second-order valence-electron chi connectivity index (χ2n) is 7.46. The van der Waals surface area contributed by atoms with Gasteiger partial charge in [-0.3, -0.25) is 4.98 Å². The number of para-hydroxylation sites is 2. The van der Waals surface area contributed by atoms with Gasteiger partial charge in [-0.25, -0.2) is 4.98 Å². The van der Waals surface area contributed by atoms with Crippen molar-refractivity contribution in [3.63, 3.8) is 0 Å². The van der Waals surface area contributed by atoms with E-state index in [1.807, 2.05) is 60.8 Å². The predicted molar refractivity (Wildman–Crippen MR) is 122 cm³/mol. The van der Waals surface area contributed by atoms with E-state index >= 15 is 0 Å². The maximum atomic E-state index is 6.34. The van der Waals surface area contributed by atoms with Crippen LogP contribution in [0.5, 0.6) is 28.7 Å². The van der Waals surface area contributed by atoms with Gasteiger partial charge in [0.1, 0.15) is 23.1 Å². The quantitative estimate of drug-likeness (QED) is 0.454. The van der Waals surface area contributed by atoms with Crippen LogP contribution < -0.4 is 23.8 Å². The zero-order valence-electron chi connectivity index (χ0n) is 18.2. The summed E-state index contributed by atoms with van der Waals surface area (Å²) < 4.78 is 22.8. The van der Waals surface area contributed by atoms with E-state index in [2.05, 4.69) is 9.88 Å². The third-order valence-electron chi connectivity index (χ3n) is 5.54. The molecule has 0 aliphatic carbocycles. The van der Waals surface area contributed by atoms with Crippen LogP contribution in [0.1, 0.15) is 11.1 Å². The third kappa shape index (κ3) is 3.62. The van der Waals surface area contributed by atoms with E-state index < -0.39 is 0 Å². The fourth-order valence-corrected chi connectivity index (χ4v) is 3.86. The van der Waals surface area contributed by atoms with E-state index in [1.54, 1.807) is 21.3 Å². The first kappa shape index (κ1) is 19.9. The van der Waals surface area contributed by atoms with E-state index in [0.717, 1.165) is 39.5 Å². The summed E-state index contributed by atoms with van der Waals surface area (Å²) in [6.07, 6.45) is 1.81. The molecule has 0 amide bonds. The highest BCUT2D eigenvalue weighted by atomic mass is 16.5. The Hall–Kier alpha value is -4.00. The van der Waals surface area contributed by atoms with Crippen molar-refractivity contribution in [2.75, 3.05) is 26.2 Å². The van der Waals surface area contributed by atoms with Crippen LogP contribution in [0.2, 0.25) is 0 Å². The van der Waals surface area contributed by atoms with E-state index in [1.165, 1.54) is 0 Å². The predicted octanol–water partition coefficient (Wildman–Crippen LogP) is 4.97. The maximum Gasteiger partial charge on any atom is 0.164 e. The zero-order valence-corrected chi connectivity index (χ0v) is 18.2.